The molecule has 0 fully saturated rings. The molecule has 5 N–H and O–H groups in total. The van der Waals surface area contributed by atoms with E-state index in [1.54, 1.807) is 27.9 Å². The largest absolute Gasteiger partial charge is 0.393 e. The Balaban J connectivity index is 3.40. The highest BCUT2D eigenvalue weighted by atomic mass is 16.3. The average molecular weight is 604 g/mol. The number of hydrogen-bond donors (Lipinski definition) is 5. The first kappa shape index (κ1) is 38.4. The predicted octanol–water partition coefficient (Wildman–Crippen LogP) is 1.92. The van der Waals surface area contributed by atoms with Crippen molar-refractivity contribution in [3.63, 3.8) is 0 Å². The van der Waals surface area contributed by atoms with Crippen molar-refractivity contribution in [3.8, 4) is 0 Å². The van der Waals surface area contributed by atoms with Crippen molar-refractivity contribution >= 4 is 23.4 Å². The summed E-state index contributed by atoms with van der Waals surface area (Å²) in [6, 6.07) is 6.32. The van der Waals surface area contributed by atoms with Crippen LogP contribution in [0.4, 0.5) is 0 Å². The van der Waals surface area contributed by atoms with E-state index in [1.165, 1.54) is 18.9 Å². The Labute approximate surface area is 258 Å². The highest BCUT2D eigenvalue weighted by Crippen LogP contribution is 2.26. The third-order valence-corrected chi connectivity index (χ3v) is 7.78. The van der Waals surface area contributed by atoms with E-state index in [9.17, 15) is 29.4 Å². The van der Waals surface area contributed by atoms with E-state index in [0.717, 1.165) is 5.56 Å². The van der Waals surface area contributed by atoms with Gasteiger partial charge >= 0.3 is 0 Å². The maximum absolute atomic E-state index is 14.1. The molecule has 6 atom stereocenters. The quantitative estimate of drug-likeness (QED) is 0.161. The van der Waals surface area contributed by atoms with Gasteiger partial charge in [-0.1, -0.05) is 71.9 Å². The van der Waals surface area contributed by atoms with Crippen LogP contribution in [0.2, 0.25) is 0 Å². The molecule has 0 aliphatic carbocycles. The first-order valence-corrected chi connectivity index (χ1v) is 15.3. The lowest BCUT2D eigenvalue weighted by Gasteiger charge is -2.36. The third kappa shape index (κ3) is 11.4. The molecule has 43 heavy (non-hydrogen) atoms. The Morgan fingerprint density at radius 3 is 1.77 bits per heavy atom. The zero-order valence-corrected chi connectivity index (χ0v) is 27.7. The Kier molecular flexibility index (Phi) is 16.3. The number of aliphatic hydroxyl groups excluding tert-OH is 2. The van der Waals surface area contributed by atoms with Crippen LogP contribution in [0, 0.1) is 23.7 Å². The van der Waals surface area contributed by atoms with E-state index in [1.807, 2.05) is 58.0 Å². The van der Waals surface area contributed by atoms with Crippen LogP contribution < -0.4 is 16.0 Å². The summed E-state index contributed by atoms with van der Waals surface area (Å²) in [5.41, 5.74) is 0.840. The summed E-state index contributed by atoms with van der Waals surface area (Å²) >= 11 is 0. The van der Waals surface area contributed by atoms with Crippen LogP contribution >= 0.6 is 0 Å². The van der Waals surface area contributed by atoms with Crippen LogP contribution in [0.25, 0.3) is 0 Å². The van der Waals surface area contributed by atoms with Crippen molar-refractivity contribution in [2.75, 3.05) is 21.1 Å². The number of carbonyl (C=O) groups excluding carboxylic acids is 4. The molecule has 0 aliphatic heterocycles. The summed E-state index contributed by atoms with van der Waals surface area (Å²) in [6.45, 7) is 12.7. The number of amides is 2. The molecule has 0 saturated carbocycles. The second-order valence-electron chi connectivity index (χ2n) is 12.5. The maximum atomic E-state index is 14.1. The second kappa shape index (κ2) is 18.2. The molecule has 0 aliphatic rings. The van der Waals surface area contributed by atoms with Gasteiger partial charge in [-0.15, -0.1) is 0 Å². The first-order valence-electron chi connectivity index (χ1n) is 15.3. The van der Waals surface area contributed by atoms with Crippen molar-refractivity contribution in [1.82, 2.24) is 20.9 Å². The lowest BCUT2D eigenvalue weighted by molar-refractivity contribution is -0.143. The Morgan fingerprint density at radius 1 is 0.791 bits per heavy atom. The predicted molar refractivity (Wildman–Crippen MR) is 169 cm³/mol. The van der Waals surface area contributed by atoms with Crippen LogP contribution in [0.3, 0.4) is 0 Å². The lowest BCUT2D eigenvalue weighted by Crippen LogP contribution is -2.58. The topological polar surface area (TPSA) is 148 Å². The summed E-state index contributed by atoms with van der Waals surface area (Å²) in [5, 5.41) is 30.2. The van der Waals surface area contributed by atoms with Gasteiger partial charge in [-0.2, -0.15) is 0 Å². The molecule has 0 saturated heterocycles. The third-order valence-electron chi connectivity index (χ3n) is 7.78. The van der Waals surface area contributed by atoms with Gasteiger partial charge in [0, 0.05) is 19.9 Å². The van der Waals surface area contributed by atoms with Crippen molar-refractivity contribution in [2.45, 2.75) is 104 Å². The summed E-state index contributed by atoms with van der Waals surface area (Å²) in [4.78, 5) is 55.6. The van der Waals surface area contributed by atoms with E-state index in [2.05, 4.69) is 16.0 Å². The van der Waals surface area contributed by atoms with Crippen LogP contribution in [0.15, 0.2) is 30.3 Å². The fraction of sp³-hybridized carbons (Fsp3) is 0.667. The molecule has 2 amide bonds. The lowest BCUT2D eigenvalue weighted by atomic mass is 9.81. The van der Waals surface area contributed by atoms with Crippen molar-refractivity contribution < 1.29 is 29.4 Å². The maximum Gasteiger partial charge on any atom is 0.245 e. The number of ketones is 2. The SMILES string of the molecule is CN[C@H](C(=O)CC(O)[C](CC(C)O)C(=O)[C@H](C(C)C)N(C)C(=O)[C@@H](Cc1ccccc1)NC(=O)[C@@H](NC)C(C)C)C(C)C. The van der Waals surface area contributed by atoms with Crippen molar-refractivity contribution in [1.29, 1.82) is 0 Å². The Bertz CT molecular complexity index is 1030. The number of aliphatic hydroxyl groups is 2. The van der Waals surface area contributed by atoms with Gasteiger partial charge in [0.2, 0.25) is 11.8 Å². The zero-order chi connectivity index (χ0) is 33.0. The minimum absolute atomic E-state index is 0.000918. The Hall–Kier alpha value is -2.66. The fourth-order valence-corrected chi connectivity index (χ4v) is 5.60. The molecular formula is C33H55N4O6. The van der Waals surface area contributed by atoms with E-state index in [0.29, 0.717) is 0 Å². The zero-order valence-electron chi connectivity index (χ0n) is 27.7. The number of nitrogens with zero attached hydrogens (tertiary/aromatic N) is 1. The number of likely N-dealkylation sites (N-methyl/N-ethyl adjacent to an activating group) is 3. The number of nitrogens with one attached hydrogen (secondary N) is 3. The molecule has 1 aromatic rings. The Morgan fingerprint density at radius 2 is 1.33 bits per heavy atom. The summed E-state index contributed by atoms with van der Waals surface area (Å²) < 4.78 is 0. The molecular weight excluding hydrogens is 548 g/mol. The molecule has 10 nitrogen and oxygen atoms in total. The summed E-state index contributed by atoms with van der Waals surface area (Å²) in [5.74, 6) is -1.98. The molecule has 1 rings (SSSR count). The minimum Gasteiger partial charge on any atom is -0.393 e. The van der Waals surface area contributed by atoms with Gasteiger partial charge in [0.25, 0.3) is 0 Å². The number of carbonyl (C=O) groups is 4. The first-order chi connectivity index (χ1) is 20.1. The molecule has 1 radical (unpaired) electrons. The summed E-state index contributed by atoms with van der Waals surface area (Å²) in [6.07, 6.45) is -2.61. The van der Waals surface area contributed by atoms with Gasteiger partial charge in [-0.05, 0) is 50.8 Å². The molecule has 0 heterocycles. The van der Waals surface area contributed by atoms with Crippen LogP contribution in [-0.2, 0) is 25.6 Å². The average Bonchev–Trinajstić information content (AvgIpc) is 2.91. The second-order valence-corrected chi connectivity index (χ2v) is 12.5. The van der Waals surface area contributed by atoms with Gasteiger partial charge in [0.15, 0.2) is 11.6 Å². The molecule has 2 unspecified atom stereocenters. The molecule has 0 aromatic heterocycles. The van der Waals surface area contributed by atoms with Gasteiger partial charge in [-0.25, -0.2) is 0 Å². The van der Waals surface area contributed by atoms with Gasteiger partial charge in [-0.3, -0.25) is 19.2 Å². The van der Waals surface area contributed by atoms with Gasteiger partial charge in [0.1, 0.15) is 6.04 Å². The molecule has 0 bridgehead atoms. The molecule has 1 aromatic carbocycles. The van der Waals surface area contributed by atoms with Crippen LogP contribution in [0.5, 0.6) is 0 Å². The van der Waals surface area contributed by atoms with E-state index in [4.69, 9.17) is 0 Å². The molecule has 243 valence electrons. The smallest absolute Gasteiger partial charge is 0.245 e. The van der Waals surface area contributed by atoms with E-state index < -0.39 is 48.1 Å². The highest BCUT2D eigenvalue weighted by Gasteiger charge is 2.41. The van der Waals surface area contributed by atoms with E-state index >= 15 is 0 Å². The fourth-order valence-electron chi connectivity index (χ4n) is 5.60. The van der Waals surface area contributed by atoms with Crippen LogP contribution in [0.1, 0.15) is 66.9 Å². The van der Waals surface area contributed by atoms with Gasteiger partial charge < -0.3 is 31.1 Å². The molecule has 0 spiro atoms. The number of hydrogen-bond acceptors (Lipinski definition) is 8. The highest BCUT2D eigenvalue weighted by molar-refractivity contribution is 6.01. The van der Waals surface area contributed by atoms with E-state index in [-0.39, 0.29) is 54.6 Å². The standard InChI is InChI=1S/C33H55N4O6/c1-19(2)28(34-8)27(40)18-26(39)24(16-22(7)38)31(41)30(21(5)6)37(10)33(43)25(17-23-14-12-11-13-15-23)36-32(42)29(35-9)20(3)4/h11-15,19-22,25-26,28-30,34-35,38-39H,16-18H2,1-10H3,(H,36,42)/t22?,25-,26?,28+,29+,30+/m1/s1. The van der Waals surface area contributed by atoms with Crippen molar-refractivity contribution in [2.24, 2.45) is 17.8 Å². The minimum atomic E-state index is -1.42. The molecule has 10 heteroatoms. The van der Waals surface area contributed by atoms with Crippen molar-refractivity contribution in [3.05, 3.63) is 41.8 Å². The number of rotatable bonds is 19. The van der Waals surface area contributed by atoms with Crippen LogP contribution in [-0.4, -0.2) is 96.0 Å². The number of Topliss-reactive ketones (excluding diaryl/α,β-unsaturated/α-hetero) is 2. The summed E-state index contributed by atoms with van der Waals surface area (Å²) in [7, 11) is 4.87. The normalized spacial score (nSPS) is 16.1. The monoisotopic (exact) mass is 603 g/mol. The number of benzene rings is 1. The van der Waals surface area contributed by atoms with Gasteiger partial charge in [0.05, 0.1) is 36.3 Å².